The van der Waals surface area contributed by atoms with Crippen LogP contribution in [0.15, 0.2) is 78.9 Å². The molecule has 0 spiro atoms. The van der Waals surface area contributed by atoms with Gasteiger partial charge < -0.3 is 9.64 Å². The van der Waals surface area contributed by atoms with Crippen molar-refractivity contribution in [2.75, 3.05) is 7.11 Å². The number of methoxy groups -OCH3 is 1. The lowest BCUT2D eigenvalue weighted by Crippen LogP contribution is -2.28. The molecule has 0 radical (unpaired) electrons. The summed E-state index contributed by atoms with van der Waals surface area (Å²) in [4.78, 5) is 15.0. The topological polar surface area (TPSA) is 29.5 Å². The lowest BCUT2D eigenvalue weighted by atomic mass is 10.0. The van der Waals surface area contributed by atoms with E-state index in [4.69, 9.17) is 4.74 Å². The van der Waals surface area contributed by atoms with Crippen LogP contribution in [0.25, 0.3) is 6.08 Å². The van der Waals surface area contributed by atoms with Crippen LogP contribution in [0.2, 0.25) is 0 Å². The Morgan fingerprint density at radius 3 is 1.79 bits per heavy atom. The molecule has 29 heavy (non-hydrogen) atoms. The fraction of sp³-hybridized carbons (Fsp3) is 0.192. The van der Waals surface area contributed by atoms with Gasteiger partial charge in [-0.3, -0.25) is 4.79 Å². The minimum Gasteiger partial charge on any atom is -0.497 e. The summed E-state index contributed by atoms with van der Waals surface area (Å²) in [6.07, 6.45) is 3.59. The van der Waals surface area contributed by atoms with E-state index in [1.54, 1.807) is 13.2 Å². The molecule has 0 saturated carbocycles. The van der Waals surface area contributed by atoms with Gasteiger partial charge in [-0.25, -0.2) is 0 Å². The first-order valence-corrected chi connectivity index (χ1v) is 9.77. The maximum atomic E-state index is 13.1. The number of ether oxygens (including phenoxy) is 1. The van der Waals surface area contributed by atoms with Gasteiger partial charge in [0, 0.05) is 19.2 Å². The number of aryl methyl sites for hydroxylation is 2. The van der Waals surface area contributed by atoms with E-state index in [1.807, 2.05) is 97.6 Å². The second-order valence-electron chi connectivity index (χ2n) is 7.17. The van der Waals surface area contributed by atoms with E-state index < -0.39 is 0 Å². The Morgan fingerprint density at radius 2 is 1.34 bits per heavy atom. The fourth-order valence-electron chi connectivity index (χ4n) is 3.40. The summed E-state index contributed by atoms with van der Waals surface area (Å²) in [5.74, 6) is 0.825. The van der Waals surface area contributed by atoms with Crippen LogP contribution in [-0.4, -0.2) is 17.9 Å². The molecule has 3 rings (SSSR count). The van der Waals surface area contributed by atoms with Gasteiger partial charge in [0.15, 0.2) is 0 Å². The Labute approximate surface area is 173 Å². The molecule has 0 saturated heterocycles. The molecule has 0 unspecified atom stereocenters. The van der Waals surface area contributed by atoms with E-state index in [-0.39, 0.29) is 5.91 Å². The van der Waals surface area contributed by atoms with Crippen molar-refractivity contribution in [3.63, 3.8) is 0 Å². The van der Waals surface area contributed by atoms with Gasteiger partial charge in [0.1, 0.15) is 5.75 Å². The van der Waals surface area contributed by atoms with Gasteiger partial charge in [-0.15, -0.1) is 0 Å². The van der Waals surface area contributed by atoms with E-state index in [1.165, 1.54) is 0 Å². The lowest BCUT2D eigenvalue weighted by molar-refractivity contribution is -0.127. The number of carbonyl (C=O) groups is 1. The third-order valence-corrected chi connectivity index (χ3v) is 4.94. The van der Waals surface area contributed by atoms with Crippen molar-refractivity contribution >= 4 is 12.0 Å². The Bertz CT molecular complexity index is 914. The van der Waals surface area contributed by atoms with Crippen LogP contribution in [0.1, 0.15) is 27.8 Å². The average molecular weight is 386 g/mol. The monoisotopic (exact) mass is 385 g/mol. The number of rotatable bonds is 7. The molecule has 3 heteroatoms. The predicted molar refractivity (Wildman–Crippen MR) is 119 cm³/mol. The van der Waals surface area contributed by atoms with Crippen molar-refractivity contribution in [1.29, 1.82) is 0 Å². The highest BCUT2D eigenvalue weighted by molar-refractivity contribution is 5.92. The highest BCUT2D eigenvalue weighted by Crippen LogP contribution is 2.23. The smallest absolute Gasteiger partial charge is 0.247 e. The molecule has 0 bridgehead atoms. The van der Waals surface area contributed by atoms with Crippen LogP contribution in [-0.2, 0) is 17.9 Å². The molecule has 0 aromatic heterocycles. The minimum atomic E-state index is -0.00711. The van der Waals surface area contributed by atoms with Gasteiger partial charge in [-0.1, -0.05) is 60.7 Å². The molecule has 0 fully saturated rings. The molecule has 0 aliphatic carbocycles. The molecular formula is C26H27NO2. The van der Waals surface area contributed by atoms with Gasteiger partial charge in [0.25, 0.3) is 0 Å². The Morgan fingerprint density at radius 1 is 0.862 bits per heavy atom. The number of amides is 1. The maximum Gasteiger partial charge on any atom is 0.247 e. The summed E-state index contributed by atoms with van der Waals surface area (Å²) in [5, 5.41) is 0. The SMILES string of the molecule is COc1cc(C)c(/C=C/C(=O)N(Cc2ccccc2)Cc2ccccc2)c(C)c1. The summed E-state index contributed by atoms with van der Waals surface area (Å²) in [6, 6.07) is 24.1. The largest absolute Gasteiger partial charge is 0.497 e. The van der Waals surface area contributed by atoms with Gasteiger partial charge >= 0.3 is 0 Å². The van der Waals surface area contributed by atoms with Crippen molar-refractivity contribution in [2.24, 2.45) is 0 Å². The zero-order valence-corrected chi connectivity index (χ0v) is 17.3. The second-order valence-corrected chi connectivity index (χ2v) is 7.17. The molecule has 0 N–H and O–H groups in total. The highest BCUT2D eigenvalue weighted by Gasteiger charge is 2.13. The molecule has 0 aliphatic heterocycles. The molecule has 148 valence electrons. The summed E-state index contributed by atoms with van der Waals surface area (Å²) >= 11 is 0. The fourth-order valence-corrected chi connectivity index (χ4v) is 3.40. The summed E-state index contributed by atoms with van der Waals surface area (Å²) in [5.41, 5.74) is 5.45. The van der Waals surface area contributed by atoms with E-state index in [9.17, 15) is 4.79 Å². The molecule has 3 aromatic rings. The standard InChI is InChI=1S/C26H27NO2/c1-20-16-24(29-3)17-21(2)25(20)14-15-26(28)27(18-22-10-6-4-7-11-22)19-23-12-8-5-9-13-23/h4-17H,18-19H2,1-3H3/b15-14+. The molecule has 0 atom stereocenters. The minimum absolute atomic E-state index is 0.00711. The average Bonchev–Trinajstić information content (AvgIpc) is 2.74. The zero-order valence-electron chi connectivity index (χ0n) is 17.3. The number of hydrogen-bond donors (Lipinski definition) is 0. The normalized spacial score (nSPS) is 10.9. The van der Waals surface area contributed by atoms with Gasteiger partial charge in [0.2, 0.25) is 5.91 Å². The third kappa shape index (κ3) is 5.58. The molecular weight excluding hydrogens is 358 g/mol. The quantitative estimate of drug-likeness (QED) is 0.499. The van der Waals surface area contributed by atoms with Gasteiger partial charge in [-0.2, -0.15) is 0 Å². The first-order chi connectivity index (χ1) is 14.1. The summed E-state index contributed by atoms with van der Waals surface area (Å²) < 4.78 is 5.33. The summed E-state index contributed by atoms with van der Waals surface area (Å²) in [7, 11) is 1.66. The van der Waals surface area contributed by atoms with Gasteiger partial charge in [-0.05, 0) is 59.9 Å². The van der Waals surface area contributed by atoms with Crippen LogP contribution >= 0.6 is 0 Å². The van der Waals surface area contributed by atoms with E-state index in [0.29, 0.717) is 13.1 Å². The van der Waals surface area contributed by atoms with Crippen molar-refractivity contribution in [3.8, 4) is 5.75 Å². The van der Waals surface area contributed by atoms with E-state index >= 15 is 0 Å². The number of nitrogens with zero attached hydrogens (tertiary/aromatic N) is 1. The van der Waals surface area contributed by atoms with Crippen LogP contribution in [0.3, 0.4) is 0 Å². The van der Waals surface area contributed by atoms with Crippen molar-refractivity contribution < 1.29 is 9.53 Å². The molecule has 3 aromatic carbocycles. The zero-order chi connectivity index (χ0) is 20.6. The third-order valence-electron chi connectivity index (χ3n) is 4.94. The first kappa shape index (κ1) is 20.4. The van der Waals surface area contributed by atoms with E-state index in [0.717, 1.165) is 33.6 Å². The Kier molecular flexibility index (Phi) is 6.85. The first-order valence-electron chi connectivity index (χ1n) is 9.77. The number of hydrogen-bond acceptors (Lipinski definition) is 2. The number of carbonyl (C=O) groups excluding carboxylic acids is 1. The van der Waals surface area contributed by atoms with Gasteiger partial charge in [0.05, 0.1) is 7.11 Å². The Balaban J connectivity index is 1.83. The lowest BCUT2D eigenvalue weighted by Gasteiger charge is -2.22. The molecule has 0 heterocycles. The van der Waals surface area contributed by atoms with Crippen LogP contribution in [0, 0.1) is 13.8 Å². The maximum absolute atomic E-state index is 13.1. The van der Waals surface area contributed by atoms with Crippen LogP contribution in [0.4, 0.5) is 0 Å². The van der Waals surface area contributed by atoms with Crippen LogP contribution < -0.4 is 4.74 Å². The molecule has 0 aliphatic rings. The summed E-state index contributed by atoms with van der Waals surface area (Å²) in [6.45, 7) is 5.20. The predicted octanol–water partition coefficient (Wildman–Crippen LogP) is 5.55. The van der Waals surface area contributed by atoms with Crippen molar-refractivity contribution in [1.82, 2.24) is 4.90 Å². The van der Waals surface area contributed by atoms with Crippen molar-refractivity contribution in [2.45, 2.75) is 26.9 Å². The van der Waals surface area contributed by atoms with E-state index in [2.05, 4.69) is 0 Å². The highest BCUT2D eigenvalue weighted by atomic mass is 16.5. The Hall–Kier alpha value is -3.33. The second kappa shape index (κ2) is 9.74. The number of benzene rings is 3. The molecule has 1 amide bonds. The molecule has 3 nitrogen and oxygen atoms in total. The van der Waals surface area contributed by atoms with Crippen molar-refractivity contribution in [3.05, 3.63) is 107 Å². The van der Waals surface area contributed by atoms with Crippen LogP contribution in [0.5, 0.6) is 5.75 Å².